The number of anilines is 2. The normalized spacial score (nSPS) is 17.0. The molecule has 1 unspecified atom stereocenters. The Morgan fingerprint density at radius 2 is 2.10 bits per heavy atom. The first-order valence-corrected chi connectivity index (χ1v) is 7.06. The Balaban J connectivity index is 2.22. The Hall–Kier alpha value is -1.44. The van der Waals surface area contributed by atoms with Crippen molar-refractivity contribution in [2.45, 2.75) is 44.3 Å². The number of nitrogen functional groups attached to an aromatic ring is 1. The average molecular weight is 307 g/mol. The number of carbonyl (C=O) groups excluding carboxylic acids is 1. The van der Waals surface area contributed by atoms with E-state index >= 15 is 0 Å². The number of primary amides is 1. The van der Waals surface area contributed by atoms with Crippen LogP contribution in [0, 0.1) is 0 Å². The fourth-order valence-corrected chi connectivity index (χ4v) is 3.32. The van der Waals surface area contributed by atoms with Gasteiger partial charge in [-0.3, -0.25) is 4.79 Å². The van der Waals surface area contributed by atoms with Gasteiger partial charge in [-0.05, 0) is 25.7 Å². The lowest BCUT2D eigenvalue weighted by Crippen LogP contribution is -2.23. The molecule has 0 aromatic carbocycles. The number of hydrogen-bond acceptors (Lipinski definition) is 4. The van der Waals surface area contributed by atoms with Gasteiger partial charge in [0.2, 0.25) is 0 Å². The summed E-state index contributed by atoms with van der Waals surface area (Å²) in [6.07, 6.45) is -3.31. The number of amides is 1. The van der Waals surface area contributed by atoms with E-state index in [0.29, 0.717) is 10.7 Å². The van der Waals surface area contributed by atoms with E-state index in [9.17, 15) is 18.0 Å². The number of nitrogens with two attached hydrogens (primary N) is 2. The van der Waals surface area contributed by atoms with Gasteiger partial charge in [0.25, 0.3) is 5.91 Å². The van der Waals surface area contributed by atoms with E-state index in [1.807, 2.05) is 0 Å². The SMILES string of the molecule is CC(CC(F)(F)F)Nc1sc(C(N)=O)c(N)c1C1CC1. The summed E-state index contributed by atoms with van der Waals surface area (Å²) in [5.74, 6) is -0.425. The van der Waals surface area contributed by atoms with Crippen molar-refractivity contribution >= 4 is 27.9 Å². The van der Waals surface area contributed by atoms with Gasteiger partial charge in [-0.1, -0.05) is 0 Å². The fraction of sp³-hybridized carbons (Fsp3) is 0.583. The van der Waals surface area contributed by atoms with Gasteiger partial charge in [-0.2, -0.15) is 13.2 Å². The van der Waals surface area contributed by atoms with Crippen molar-refractivity contribution in [2.24, 2.45) is 5.73 Å². The molecule has 0 radical (unpaired) electrons. The van der Waals surface area contributed by atoms with Crippen LogP contribution in [0.15, 0.2) is 0 Å². The van der Waals surface area contributed by atoms with E-state index in [2.05, 4.69) is 5.32 Å². The minimum Gasteiger partial charge on any atom is -0.397 e. The molecule has 0 aliphatic heterocycles. The topological polar surface area (TPSA) is 81.1 Å². The molecule has 112 valence electrons. The number of halogens is 3. The van der Waals surface area contributed by atoms with Gasteiger partial charge >= 0.3 is 6.18 Å². The van der Waals surface area contributed by atoms with Crippen LogP contribution >= 0.6 is 11.3 Å². The molecule has 1 aromatic rings. The molecule has 1 atom stereocenters. The Kier molecular flexibility index (Phi) is 3.86. The number of nitrogens with one attached hydrogen (secondary N) is 1. The second-order valence-corrected chi connectivity index (χ2v) is 6.11. The molecule has 4 nitrogen and oxygen atoms in total. The van der Waals surface area contributed by atoms with Crippen molar-refractivity contribution in [2.75, 3.05) is 11.1 Å². The first-order valence-electron chi connectivity index (χ1n) is 6.24. The molecule has 0 bridgehead atoms. The summed E-state index contributed by atoms with van der Waals surface area (Å²) in [4.78, 5) is 11.5. The van der Waals surface area contributed by atoms with Crippen molar-refractivity contribution in [3.63, 3.8) is 0 Å². The van der Waals surface area contributed by atoms with E-state index in [0.717, 1.165) is 29.7 Å². The Labute approximate surface area is 118 Å². The maximum atomic E-state index is 12.4. The monoisotopic (exact) mass is 307 g/mol. The summed E-state index contributed by atoms with van der Waals surface area (Å²) in [6, 6.07) is -0.786. The van der Waals surface area contributed by atoms with Crippen molar-refractivity contribution in [1.82, 2.24) is 0 Å². The molecular weight excluding hydrogens is 291 g/mol. The van der Waals surface area contributed by atoms with Crippen molar-refractivity contribution < 1.29 is 18.0 Å². The number of alkyl halides is 3. The highest BCUT2D eigenvalue weighted by Gasteiger charge is 2.34. The third kappa shape index (κ3) is 3.36. The van der Waals surface area contributed by atoms with E-state index in [1.54, 1.807) is 0 Å². The number of thiophene rings is 1. The van der Waals surface area contributed by atoms with Crippen LogP contribution in [0.1, 0.15) is 47.3 Å². The lowest BCUT2D eigenvalue weighted by Gasteiger charge is -2.17. The van der Waals surface area contributed by atoms with Gasteiger partial charge in [0, 0.05) is 11.6 Å². The smallest absolute Gasteiger partial charge is 0.391 e. The molecule has 20 heavy (non-hydrogen) atoms. The Morgan fingerprint density at radius 1 is 1.50 bits per heavy atom. The molecular formula is C12H16F3N3OS. The molecule has 5 N–H and O–H groups in total. The van der Waals surface area contributed by atoms with Crippen LogP contribution in [0.2, 0.25) is 0 Å². The van der Waals surface area contributed by atoms with Crippen molar-refractivity contribution in [1.29, 1.82) is 0 Å². The summed E-state index contributed by atoms with van der Waals surface area (Å²) in [6.45, 7) is 1.45. The van der Waals surface area contributed by atoms with Crippen LogP contribution in [0.25, 0.3) is 0 Å². The molecule has 2 rings (SSSR count). The number of carbonyl (C=O) groups is 1. The second-order valence-electron chi connectivity index (χ2n) is 5.09. The molecule has 1 aromatic heterocycles. The zero-order valence-electron chi connectivity index (χ0n) is 10.9. The fourth-order valence-electron chi connectivity index (χ4n) is 2.15. The summed E-state index contributed by atoms with van der Waals surface area (Å²) >= 11 is 1.04. The molecule has 0 spiro atoms. The van der Waals surface area contributed by atoms with Crippen LogP contribution in [-0.2, 0) is 0 Å². The number of hydrogen-bond donors (Lipinski definition) is 3. The van der Waals surface area contributed by atoms with E-state index in [1.165, 1.54) is 6.92 Å². The maximum Gasteiger partial charge on any atom is 0.391 e. The molecule has 1 amide bonds. The predicted octanol–water partition coefficient (Wildman–Crippen LogP) is 3.06. The first kappa shape index (κ1) is 15.0. The van der Waals surface area contributed by atoms with Crippen LogP contribution < -0.4 is 16.8 Å². The molecule has 8 heteroatoms. The molecule has 1 fully saturated rings. The molecule has 0 saturated heterocycles. The maximum absolute atomic E-state index is 12.4. The van der Waals surface area contributed by atoms with E-state index < -0.39 is 24.5 Å². The highest BCUT2D eigenvalue weighted by atomic mass is 32.1. The zero-order chi connectivity index (χ0) is 15.1. The predicted molar refractivity (Wildman–Crippen MR) is 73.0 cm³/mol. The molecule has 1 aliphatic rings. The second kappa shape index (κ2) is 5.16. The van der Waals surface area contributed by atoms with Crippen LogP contribution in [0.3, 0.4) is 0 Å². The largest absolute Gasteiger partial charge is 0.397 e. The van der Waals surface area contributed by atoms with Crippen LogP contribution in [0.4, 0.5) is 23.9 Å². The first-order chi connectivity index (χ1) is 9.19. The number of rotatable bonds is 5. The third-order valence-corrected chi connectivity index (χ3v) is 4.28. The zero-order valence-corrected chi connectivity index (χ0v) is 11.7. The summed E-state index contributed by atoms with van der Waals surface area (Å²) in [7, 11) is 0. The van der Waals surface area contributed by atoms with Crippen molar-refractivity contribution in [3.8, 4) is 0 Å². The summed E-state index contributed by atoms with van der Waals surface area (Å²) in [5, 5.41) is 3.35. The van der Waals surface area contributed by atoms with Crippen LogP contribution in [-0.4, -0.2) is 18.1 Å². The molecule has 1 aliphatic carbocycles. The van der Waals surface area contributed by atoms with Gasteiger partial charge in [0.15, 0.2) is 0 Å². The quantitative estimate of drug-likeness (QED) is 0.782. The van der Waals surface area contributed by atoms with Gasteiger partial charge in [0.1, 0.15) is 4.88 Å². The summed E-state index contributed by atoms with van der Waals surface area (Å²) < 4.78 is 37.1. The Morgan fingerprint density at radius 3 is 2.55 bits per heavy atom. The van der Waals surface area contributed by atoms with Gasteiger partial charge in [-0.25, -0.2) is 0 Å². The van der Waals surface area contributed by atoms with Crippen LogP contribution in [0.5, 0.6) is 0 Å². The van der Waals surface area contributed by atoms with E-state index in [4.69, 9.17) is 11.5 Å². The average Bonchev–Trinajstić information content (AvgIpc) is 3.02. The van der Waals surface area contributed by atoms with Gasteiger partial charge < -0.3 is 16.8 Å². The van der Waals surface area contributed by atoms with Crippen molar-refractivity contribution in [3.05, 3.63) is 10.4 Å². The summed E-state index contributed by atoms with van der Waals surface area (Å²) in [5.41, 5.74) is 12.2. The highest BCUT2D eigenvalue weighted by Crippen LogP contribution is 2.51. The lowest BCUT2D eigenvalue weighted by atomic mass is 10.1. The van der Waals surface area contributed by atoms with Gasteiger partial charge in [0.05, 0.1) is 17.1 Å². The minimum atomic E-state index is -4.23. The third-order valence-electron chi connectivity index (χ3n) is 3.11. The van der Waals surface area contributed by atoms with E-state index in [-0.39, 0.29) is 10.8 Å². The molecule has 1 heterocycles. The minimum absolute atomic E-state index is 0.216. The Bertz CT molecular complexity index is 523. The lowest BCUT2D eigenvalue weighted by molar-refractivity contribution is -0.136. The highest BCUT2D eigenvalue weighted by molar-refractivity contribution is 7.18. The molecule has 1 saturated carbocycles. The standard InChI is InChI=1S/C12H16F3N3OS/c1-5(4-12(13,14)15)18-11-7(6-2-3-6)8(16)9(20-11)10(17)19/h5-6,18H,2-4,16H2,1H3,(H2,17,19). The van der Waals surface area contributed by atoms with Gasteiger partial charge in [-0.15, -0.1) is 11.3 Å².